The molecule has 0 unspecified atom stereocenters. The summed E-state index contributed by atoms with van der Waals surface area (Å²) >= 11 is 5.84. The predicted molar refractivity (Wildman–Crippen MR) is 71.6 cm³/mol. The first-order valence-electron chi connectivity index (χ1n) is 6.10. The minimum absolute atomic E-state index is 0.0225. The molecule has 1 saturated carbocycles. The minimum Gasteiger partial charge on any atom is -0.398 e. The lowest BCUT2D eigenvalue weighted by atomic mass is 9.91. The second kappa shape index (κ2) is 5.59. The van der Waals surface area contributed by atoms with E-state index in [0.29, 0.717) is 22.8 Å². The molecule has 1 amide bonds. The van der Waals surface area contributed by atoms with E-state index in [1.54, 1.807) is 23.1 Å². The molecule has 0 aliphatic heterocycles. The Morgan fingerprint density at radius 1 is 1.50 bits per heavy atom. The summed E-state index contributed by atoms with van der Waals surface area (Å²) in [4.78, 5) is 14.1. The third-order valence-corrected chi connectivity index (χ3v) is 3.70. The number of hydrogen-bond acceptors (Lipinski definition) is 3. The summed E-state index contributed by atoms with van der Waals surface area (Å²) in [5.41, 5.74) is 6.63. The van der Waals surface area contributed by atoms with E-state index in [4.69, 9.17) is 22.4 Å². The number of nitrogens with two attached hydrogens (primary N) is 1. The fourth-order valence-corrected chi connectivity index (χ4v) is 2.22. The van der Waals surface area contributed by atoms with Crippen LogP contribution in [-0.2, 0) is 0 Å². The number of nitrogens with zero attached hydrogens (tertiary/aromatic N) is 1. The molecule has 5 heteroatoms. The van der Waals surface area contributed by atoms with Gasteiger partial charge in [-0.05, 0) is 37.5 Å². The molecule has 0 spiro atoms. The first kappa shape index (κ1) is 13.2. The van der Waals surface area contributed by atoms with Crippen molar-refractivity contribution in [2.75, 3.05) is 18.9 Å². The highest BCUT2D eigenvalue weighted by atomic mass is 35.5. The zero-order valence-electron chi connectivity index (χ0n) is 10.1. The number of aliphatic hydroxyl groups excluding tert-OH is 1. The number of halogens is 1. The second-order valence-electron chi connectivity index (χ2n) is 4.54. The van der Waals surface area contributed by atoms with Crippen LogP contribution < -0.4 is 5.73 Å². The van der Waals surface area contributed by atoms with Gasteiger partial charge in [-0.2, -0.15) is 0 Å². The van der Waals surface area contributed by atoms with E-state index in [2.05, 4.69) is 0 Å². The molecular weight excluding hydrogens is 252 g/mol. The molecule has 0 bridgehead atoms. The molecule has 1 aliphatic rings. The van der Waals surface area contributed by atoms with Gasteiger partial charge < -0.3 is 15.7 Å². The Labute approximate surface area is 111 Å². The second-order valence-corrected chi connectivity index (χ2v) is 4.95. The Hall–Kier alpha value is -1.26. The first-order valence-corrected chi connectivity index (χ1v) is 6.48. The molecule has 1 aromatic rings. The zero-order chi connectivity index (χ0) is 13.1. The zero-order valence-corrected chi connectivity index (χ0v) is 10.9. The molecule has 0 saturated heterocycles. The number of nitrogen functional groups attached to an aromatic ring is 1. The normalized spacial score (nSPS) is 15.2. The van der Waals surface area contributed by atoms with E-state index < -0.39 is 0 Å². The maximum atomic E-state index is 12.3. The number of amides is 1. The molecule has 1 aliphatic carbocycles. The number of benzene rings is 1. The van der Waals surface area contributed by atoms with Gasteiger partial charge in [0.2, 0.25) is 0 Å². The lowest BCUT2D eigenvalue weighted by Crippen LogP contribution is -2.45. The van der Waals surface area contributed by atoms with Gasteiger partial charge in [0.25, 0.3) is 5.91 Å². The number of carbonyl (C=O) groups excluding carboxylic acids is 1. The van der Waals surface area contributed by atoms with Crippen LogP contribution in [0.4, 0.5) is 5.69 Å². The third kappa shape index (κ3) is 2.60. The maximum absolute atomic E-state index is 12.3. The van der Waals surface area contributed by atoms with Gasteiger partial charge in [-0.15, -0.1) is 0 Å². The summed E-state index contributed by atoms with van der Waals surface area (Å²) in [5, 5.41) is 9.51. The number of rotatable bonds is 4. The highest BCUT2D eigenvalue weighted by Crippen LogP contribution is 2.27. The lowest BCUT2D eigenvalue weighted by Gasteiger charge is -2.37. The van der Waals surface area contributed by atoms with Crippen molar-refractivity contribution in [3.63, 3.8) is 0 Å². The smallest absolute Gasteiger partial charge is 0.254 e. The van der Waals surface area contributed by atoms with Gasteiger partial charge in [0.15, 0.2) is 0 Å². The van der Waals surface area contributed by atoms with E-state index >= 15 is 0 Å². The van der Waals surface area contributed by atoms with Gasteiger partial charge in [0.1, 0.15) is 0 Å². The van der Waals surface area contributed by atoms with Crippen LogP contribution in [0.2, 0.25) is 5.02 Å². The Morgan fingerprint density at radius 3 is 2.72 bits per heavy atom. The van der Waals surface area contributed by atoms with Crippen molar-refractivity contribution in [1.29, 1.82) is 0 Å². The summed E-state index contributed by atoms with van der Waals surface area (Å²) in [7, 11) is 0. The standard InChI is InChI=1S/C13H17ClN2O2/c14-11-5-4-9(8-12(11)15)13(18)16(6-7-17)10-2-1-3-10/h4-5,8,10,17H,1-3,6-7,15H2. The fourth-order valence-electron chi connectivity index (χ4n) is 2.10. The van der Waals surface area contributed by atoms with Crippen molar-refractivity contribution >= 4 is 23.2 Å². The Kier molecular flexibility index (Phi) is 4.09. The van der Waals surface area contributed by atoms with E-state index in [1.807, 2.05) is 0 Å². The Balaban J connectivity index is 2.18. The third-order valence-electron chi connectivity index (χ3n) is 3.36. The van der Waals surface area contributed by atoms with Crippen LogP contribution in [0.15, 0.2) is 18.2 Å². The van der Waals surface area contributed by atoms with Crippen LogP contribution in [0.3, 0.4) is 0 Å². The largest absolute Gasteiger partial charge is 0.398 e. The van der Waals surface area contributed by atoms with E-state index in [1.165, 1.54) is 0 Å². The van der Waals surface area contributed by atoms with Gasteiger partial charge in [-0.25, -0.2) is 0 Å². The molecule has 0 radical (unpaired) electrons. The molecule has 4 nitrogen and oxygen atoms in total. The summed E-state index contributed by atoms with van der Waals surface area (Å²) in [6.45, 7) is 0.345. The van der Waals surface area contributed by atoms with Gasteiger partial charge >= 0.3 is 0 Å². The molecule has 1 fully saturated rings. The van der Waals surface area contributed by atoms with E-state index in [9.17, 15) is 4.79 Å². The summed E-state index contributed by atoms with van der Waals surface area (Å²) < 4.78 is 0. The van der Waals surface area contributed by atoms with E-state index in [-0.39, 0.29) is 18.6 Å². The molecule has 3 N–H and O–H groups in total. The minimum atomic E-state index is -0.0860. The van der Waals surface area contributed by atoms with Crippen molar-refractivity contribution in [1.82, 2.24) is 4.90 Å². The summed E-state index contributed by atoms with van der Waals surface area (Å²) in [6, 6.07) is 5.14. The highest BCUT2D eigenvalue weighted by Gasteiger charge is 2.29. The molecule has 98 valence electrons. The van der Waals surface area contributed by atoms with Gasteiger partial charge in [0, 0.05) is 18.2 Å². The quantitative estimate of drug-likeness (QED) is 0.820. The van der Waals surface area contributed by atoms with Crippen molar-refractivity contribution < 1.29 is 9.90 Å². The van der Waals surface area contributed by atoms with Gasteiger partial charge in [-0.3, -0.25) is 4.79 Å². The summed E-state index contributed by atoms with van der Waals surface area (Å²) in [5.74, 6) is -0.0860. The van der Waals surface area contributed by atoms with Crippen LogP contribution in [0.25, 0.3) is 0 Å². The molecule has 0 heterocycles. The van der Waals surface area contributed by atoms with Gasteiger partial charge in [-0.1, -0.05) is 11.6 Å². The fraction of sp³-hybridized carbons (Fsp3) is 0.462. The van der Waals surface area contributed by atoms with Crippen molar-refractivity contribution in [3.8, 4) is 0 Å². The number of carbonyl (C=O) groups is 1. The van der Waals surface area contributed by atoms with Crippen LogP contribution in [0, 0.1) is 0 Å². The van der Waals surface area contributed by atoms with Crippen molar-refractivity contribution in [2.24, 2.45) is 0 Å². The molecule has 0 atom stereocenters. The van der Waals surface area contributed by atoms with Crippen molar-refractivity contribution in [2.45, 2.75) is 25.3 Å². The molecule has 1 aromatic carbocycles. The Morgan fingerprint density at radius 2 is 2.22 bits per heavy atom. The lowest BCUT2D eigenvalue weighted by molar-refractivity contribution is 0.0526. The van der Waals surface area contributed by atoms with Crippen LogP contribution >= 0.6 is 11.6 Å². The SMILES string of the molecule is Nc1cc(C(=O)N(CCO)C2CCC2)ccc1Cl. The molecule has 2 rings (SSSR count). The van der Waals surface area contributed by atoms with E-state index in [0.717, 1.165) is 19.3 Å². The average Bonchev–Trinajstić information content (AvgIpc) is 2.29. The highest BCUT2D eigenvalue weighted by molar-refractivity contribution is 6.33. The van der Waals surface area contributed by atoms with Gasteiger partial charge in [0.05, 0.1) is 17.3 Å². The van der Waals surface area contributed by atoms with Crippen molar-refractivity contribution in [3.05, 3.63) is 28.8 Å². The summed E-state index contributed by atoms with van der Waals surface area (Å²) in [6.07, 6.45) is 3.16. The number of aliphatic hydroxyl groups is 1. The average molecular weight is 269 g/mol. The molecule has 18 heavy (non-hydrogen) atoms. The maximum Gasteiger partial charge on any atom is 0.254 e. The topological polar surface area (TPSA) is 66.6 Å². The predicted octanol–water partition coefficient (Wildman–Crippen LogP) is 1.91. The van der Waals surface area contributed by atoms with Crippen LogP contribution in [0.5, 0.6) is 0 Å². The first-order chi connectivity index (χ1) is 8.63. The molecular formula is C13H17ClN2O2. The molecule has 0 aromatic heterocycles. The number of anilines is 1. The monoisotopic (exact) mass is 268 g/mol. The van der Waals surface area contributed by atoms with Crippen LogP contribution in [-0.4, -0.2) is 35.1 Å². The Bertz CT molecular complexity index is 447. The van der Waals surface area contributed by atoms with Crippen LogP contribution in [0.1, 0.15) is 29.6 Å². The number of hydrogen-bond donors (Lipinski definition) is 2.